The first-order valence-corrected chi connectivity index (χ1v) is 8.77. The summed E-state index contributed by atoms with van der Waals surface area (Å²) in [7, 11) is 1.93. The van der Waals surface area contributed by atoms with Crippen molar-refractivity contribution in [2.45, 2.75) is 6.04 Å². The minimum absolute atomic E-state index is 0.0132. The molecule has 1 atom stereocenters. The zero-order valence-electron chi connectivity index (χ0n) is 11.2. The monoisotopic (exact) mass is 399 g/mol. The molecular formula is C16H12BrCl2NS. The molecule has 2 aromatic carbocycles. The number of rotatable bonds is 3. The van der Waals surface area contributed by atoms with Gasteiger partial charge in [-0.1, -0.05) is 69.5 Å². The van der Waals surface area contributed by atoms with Crippen LogP contribution in [0, 0.1) is 0 Å². The Morgan fingerprint density at radius 2 is 1.76 bits per heavy atom. The third kappa shape index (κ3) is 2.86. The van der Waals surface area contributed by atoms with Gasteiger partial charge in [-0.2, -0.15) is 0 Å². The molecule has 0 radical (unpaired) electrons. The summed E-state index contributed by atoms with van der Waals surface area (Å²) in [6.07, 6.45) is 0. The smallest absolute Gasteiger partial charge is 0.0995 e. The van der Waals surface area contributed by atoms with Gasteiger partial charge in [0.15, 0.2) is 0 Å². The van der Waals surface area contributed by atoms with E-state index in [1.54, 1.807) is 0 Å². The highest BCUT2D eigenvalue weighted by Crippen LogP contribution is 2.40. The van der Waals surface area contributed by atoms with Crippen LogP contribution in [0.3, 0.4) is 0 Å². The van der Waals surface area contributed by atoms with Crippen molar-refractivity contribution in [1.82, 2.24) is 5.32 Å². The van der Waals surface area contributed by atoms with E-state index in [1.807, 2.05) is 25.2 Å². The minimum Gasteiger partial charge on any atom is -0.309 e. The summed E-state index contributed by atoms with van der Waals surface area (Å²) < 4.78 is 2.52. The second kappa shape index (κ2) is 6.27. The average Bonchev–Trinajstić information content (AvgIpc) is 2.81. The lowest BCUT2D eigenvalue weighted by Gasteiger charge is -2.19. The maximum absolute atomic E-state index is 6.34. The molecule has 3 rings (SSSR count). The summed E-state index contributed by atoms with van der Waals surface area (Å²) in [5, 5.41) is 5.74. The Balaban J connectivity index is 2.22. The Hall–Kier alpha value is -0.580. The van der Waals surface area contributed by atoms with E-state index in [1.165, 1.54) is 27.7 Å². The van der Waals surface area contributed by atoms with Crippen LogP contribution in [0.4, 0.5) is 0 Å². The van der Waals surface area contributed by atoms with E-state index >= 15 is 0 Å². The summed E-state index contributed by atoms with van der Waals surface area (Å²) >= 11 is 17.4. The first-order chi connectivity index (χ1) is 10.1. The molecule has 1 N–H and O–H groups in total. The largest absolute Gasteiger partial charge is 0.309 e. The Kier molecular flexibility index (Phi) is 4.57. The fourth-order valence-electron chi connectivity index (χ4n) is 2.57. The van der Waals surface area contributed by atoms with Crippen molar-refractivity contribution >= 4 is 61.2 Å². The van der Waals surface area contributed by atoms with E-state index in [0.717, 1.165) is 14.4 Å². The van der Waals surface area contributed by atoms with E-state index in [-0.39, 0.29) is 6.04 Å². The molecule has 108 valence electrons. The van der Waals surface area contributed by atoms with Gasteiger partial charge in [0.1, 0.15) is 0 Å². The Morgan fingerprint density at radius 3 is 2.38 bits per heavy atom. The minimum atomic E-state index is 0.0132. The van der Waals surface area contributed by atoms with Gasteiger partial charge in [-0.25, -0.2) is 0 Å². The van der Waals surface area contributed by atoms with Gasteiger partial charge in [0, 0.05) is 10.0 Å². The number of fused-ring (bicyclic) bond motifs is 1. The Morgan fingerprint density at radius 1 is 1.05 bits per heavy atom. The lowest BCUT2D eigenvalue weighted by molar-refractivity contribution is 0.699. The van der Waals surface area contributed by atoms with Gasteiger partial charge < -0.3 is 5.32 Å². The van der Waals surface area contributed by atoms with Crippen molar-refractivity contribution in [2.24, 2.45) is 0 Å². The van der Waals surface area contributed by atoms with E-state index in [0.29, 0.717) is 4.34 Å². The molecule has 0 spiro atoms. The Labute approximate surface area is 146 Å². The van der Waals surface area contributed by atoms with Gasteiger partial charge in [-0.3, -0.25) is 0 Å². The quantitative estimate of drug-likeness (QED) is 0.545. The van der Waals surface area contributed by atoms with Gasteiger partial charge in [0.2, 0.25) is 0 Å². The maximum Gasteiger partial charge on any atom is 0.0995 e. The highest BCUT2D eigenvalue weighted by atomic mass is 79.9. The molecule has 1 nitrogen and oxygen atoms in total. The highest BCUT2D eigenvalue weighted by molar-refractivity contribution is 9.10. The number of hydrogen-bond donors (Lipinski definition) is 1. The molecule has 0 saturated carbocycles. The molecular weight excluding hydrogens is 389 g/mol. The first kappa shape index (κ1) is 15.3. The summed E-state index contributed by atoms with van der Waals surface area (Å²) in [4.78, 5) is 0. The molecule has 0 saturated heterocycles. The van der Waals surface area contributed by atoms with Crippen LogP contribution in [-0.2, 0) is 0 Å². The van der Waals surface area contributed by atoms with Crippen LogP contribution in [0.25, 0.3) is 10.8 Å². The topological polar surface area (TPSA) is 12.0 Å². The van der Waals surface area contributed by atoms with Crippen LogP contribution in [0.1, 0.15) is 17.2 Å². The van der Waals surface area contributed by atoms with Crippen LogP contribution in [0.15, 0.2) is 46.9 Å². The van der Waals surface area contributed by atoms with Gasteiger partial charge in [-0.15, -0.1) is 11.3 Å². The van der Waals surface area contributed by atoms with Crippen LogP contribution >= 0.6 is 50.5 Å². The normalized spacial score (nSPS) is 12.8. The van der Waals surface area contributed by atoms with Crippen molar-refractivity contribution in [3.8, 4) is 0 Å². The van der Waals surface area contributed by atoms with Gasteiger partial charge in [0.25, 0.3) is 0 Å². The van der Waals surface area contributed by atoms with E-state index in [4.69, 9.17) is 23.2 Å². The predicted octanol–water partition coefficient (Wildman–Crippen LogP) is 6.28. The lowest BCUT2D eigenvalue weighted by atomic mass is 9.95. The number of thiophene rings is 1. The second-order valence-corrected chi connectivity index (χ2v) is 7.82. The lowest BCUT2D eigenvalue weighted by Crippen LogP contribution is -2.17. The van der Waals surface area contributed by atoms with Gasteiger partial charge in [0.05, 0.1) is 14.7 Å². The fraction of sp³-hybridized carbons (Fsp3) is 0.125. The molecule has 0 aliphatic carbocycles. The zero-order chi connectivity index (χ0) is 15.0. The van der Waals surface area contributed by atoms with Crippen molar-refractivity contribution in [2.75, 3.05) is 7.05 Å². The van der Waals surface area contributed by atoms with Crippen molar-refractivity contribution < 1.29 is 0 Å². The molecule has 0 aliphatic rings. The summed E-state index contributed by atoms with van der Waals surface area (Å²) in [6, 6.07) is 14.5. The zero-order valence-corrected chi connectivity index (χ0v) is 15.1. The van der Waals surface area contributed by atoms with Crippen LogP contribution in [0.2, 0.25) is 8.67 Å². The van der Waals surface area contributed by atoms with Crippen molar-refractivity contribution in [3.05, 3.63) is 66.7 Å². The summed E-state index contributed by atoms with van der Waals surface area (Å²) in [6.45, 7) is 0. The summed E-state index contributed by atoms with van der Waals surface area (Å²) in [5.41, 5.74) is 2.20. The molecule has 0 amide bonds. The molecule has 0 aliphatic heterocycles. The van der Waals surface area contributed by atoms with Crippen LogP contribution in [0.5, 0.6) is 0 Å². The molecule has 5 heteroatoms. The summed E-state index contributed by atoms with van der Waals surface area (Å²) in [5.74, 6) is 0. The standard InChI is InChI=1S/C16H12BrCl2NS/c1-20-15(12-8-14(18)21-16(12)19)11-6-7-13(17)10-5-3-2-4-9(10)11/h2-8,15,20H,1H3. The molecule has 1 aromatic heterocycles. The molecule has 0 fully saturated rings. The number of halogens is 3. The Bertz CT molecular complexity index is 800. The van der Waals surface area contributed by atoms with Crippen LogP contribution < -0.4 is 5.32 Å². The SMILES string of the molecule is CNC(c1cc(Cl)sc1Cl)c1ccc(Br)c2ccccc12. The van der Waals surface area contributed by atoms with Crippen LogP contribution in [-0.4, -0.2) is 7.05 Å². The predicted molar refractivity (Wildman–Crippen MR) is 96.9 cm³/mol. The average molecular weight is 401 g/mol. The molecule has 1 unspecified atom stereocenters. The third-order valence-electron chi connectivity index (χ3n) is 3.50. The van der Waals surface area contributed by atoms with Crippen molar-refractivity contribution in [3.63, 3.8) is 0 Å². The highest BCUT2D eigenvalue weighted by Gasteiger charge is 2.20. The van der Waals surface area contributed by atoms with Gasteiger partial charge in [-0.05, 0) is 35.5 Å². The van der Waals surface area contributed by atoms with E-state index in [9.17, 15) is 0 Å². The van der Waals surface area contributed by atoms with Crippen molar-refractivity contribution in [1.29, 1.82) is 0 Å². The number of hydrogen-bond acceptors (Lipinski definition) is 2. The van der Waals surface area contributed by atoms with E-state index in [2.05, 4.69) is 45.5 Å². The second-order valence-electron chi connectivity index (χ2n) is 4.68. The first-order valence-electron chi connectivity index (χ1n) is 6.41. The molecule has 3 aromatic rings. The van der Waals surface area contributed by atoms with Gasteiger partial charge >= 0.3 is 0 Å². The number of benzene rings is 2. The fourth-order valence-corrected chi connectivity index (χ4v) is 4.58. The molecule has 1 heterocycles. The number of nitrogens with one attached hydrogen (secondary N) is 1. The molecule has 0 bridgehead atoms. The maximum atomic E-state index is 6.34. The third-order valence-corrected chi connectivity index (χ3v) is 5.71. The molecule has 21 heavy (non-hydrogen) atoms. The van der Waals surface area contributed by atoms with E-state index < -0.39 is 0 Å².